The predicted molar refractivity (Wildman–Crippen MR) is 99.3 cm³/mol. The molecule has 3 aromatic rings. The van der Waals surface area contributed by atoms with Crippen molar-refractivity contribution in [3.63, 3.8) is 0 Å². The second kappa shape index (κ2) is 7.31. The summed E-state index contributed by atoms with van der Waals surface area (Å²) in [6.45, 7) is 0.150. The van der Waals surface area contributed by atoms with Gasteiger partial charge in [0, 0.05) is 11.1 Å². The molecule has 0 spiro atoms. The van der Waals surface area contributed by atoms with Crippen LogP contribution in [0.25, 0.3) is 11.3 Å². The summed E-state index contributed by atoms with van der Waals surface area (Å²) in [5, 5.41) is 0. The van der Waals surface area contributed by atoms with Crippen LogP contribution in [0.4, 0.5) is 5.95 Å². The fourth-order valence-corrected chi connectivity index (χ4v) is 2.84. The van der Waals surface area contributed by atoms with Crippen LogP contribution in [-0.2, 0) is 13.6 Å². The first kappa shape index (κ1) is 17.5. The molecule has 2 N–H and O–H groups in total. The molecule has 0 saturated carbocycles. The normalized spacial score (nSPS) is 10.6. The van der Waals surface area contributed by atoms with Crippen LogP contribution in [0.1, 0.15) is 10.4 Å². The maximum atomic E-state index is 12.6. The Hall–Kier alpha value is -3.28. The molecule has 0 amide bonds. The summed E-state index contributed by atoms with van der Waals surface area (Å²) >= 11 is 0. The SMILES string of the molecule is COc1cccc(C(=O)C[n+]2cc(-c3cccc(OC)c3)n(C)c2N)c1. The molecular formula is C20H22N3O3+. The first-order valence-electron chi connectivity index (χ1n) is 8.19. The van der Waals surface area contributed by atoms with Gasteiger partial charge in [-0.1, -0.05) is 24.3 Å². The molecule has 26 heavy (non-hydrogen) atoms. The van der Waals surface area contributed by atoms with Crippen molar-refractivity contribution < 1.29 is 18.8 Å². The number of carbonyl (C=O) groups is 1. The second-order valence-electron chi connectivity index (χ2n) is 5.95. The van der Waals surface area contributed by atoms with Gasteiger partial charge in [-0.05, 0) is 24.3 Å². The molecule has 0 atom stereocenters. The molecule has 0 aliphatic carbocycles. The Labute approximate surface area is 152 Å². The number of benzene rings is 2. The zero-order chi connectivity index (χ0) is 18.7. The largest absolute Gasteiger partial charge is 0.497 e. The average molecular weight is 352 g/mol. The lowest BCUT2D eigenvalue weighted by molar-refractivity contribution is -0.667. The Bertz CT molecular complexity index is 947. The molecule has 0 aliphatic rings. The minimum atomic E-state index is -0.0385. The maximum absolute atomic E-state index is 12.6. The van der Waals surface area contributed by atoms with Crippen molar-refractivity contribution in [3.05, 3.63) is 60.3 Å². The van der Waals surface area contributed by atoms with Crippen molar-refractivity contribution in [1.29, 1.82) is 0 Å². The van der Waals surface area contributed by atoms with Crippen LogP contribution in [0.5, 0.6) is 11.5 Å². The number of imidazole rings is 1. The van der Waals surface area contributed by atoms with Crippen LogP contribution in [-0.4, -0.2) is 24.6 Å². The number of nitrogen functional groups attached to an aromatic ring is 1. The van der Waals surface area contributed by atoms with Crippen molar-refractivity contribution in [1.82, 2.24) is 4.57 Å². The van der Waals surface area contributed by atoms with Gasteiger partial charge in [0.15, 0.2) is 5.78 Å². The molecule has 0 saturated heterocycles. The number of aromatic nitrogens is 2. The minimum Gasteiger partial charge on any atom is -0.497 e. The number of ketones is 1. The van der Waals surface area contributed by atoms with Gasteiger partial charge in [-0.3, -0.25) is 10.5 Å². The second-order valence-corrected chi connectivity index (χ2v) is 5.95. The van der Waals surface area contributed by atoms with E-state index in [4.69, 9.17) is 15.2 Å². The highest BCUT2D eigenvalue weighted by Gasteiger charge is 2.20. The molecule has 3 rings (SSSR count). The van der Waals surface area contributed by atoms with Crippen molar-refractivity contribution in [2.45, 2.75) is 6.54 Å². The highest BCUT2D eigenvalue weighted by molar-refractivity contribution is 5.95. The van der Waals surface area contributed by atoms with Gasteiger partial charge in [-0.15, -0.1) is 0 Å². The number of Topliss-reactive ketones (excluding diaryl/α,β-unsaturated/α-hetero) is 1. The van der Waals surface area contributed by atoms with Crippen LogP contribution >= 0.6 is 0 Å². The van der Waals surface area contributed by atoms with Crippen LogP contribution < -0.4 is 19.8 Å². The van der Waals surface area contributed by atoms with E-state index in [1.165, 1.54) is 0 Å². The molecule has 6 heteroatoms. The van der Waals surface area contributed by atoms with Crippen LogP contribution in [0, 0.1) is 0 Å². The third kappa shape index (κ3) is 3.39. The molecular weight excluding hydrogens is 330 g/mol. The van der Waals surface area contributed by atoms with E-state index in [2.05, 4.69) is 0 Å². The van der Waals surface area contributed by atoms with Gasteiger partial charge in [0.2, 0.25) is 0 Å². The molecule has 134 valence electrons. The van der Waals surface area contributed by atoms with Crippen molar-refractivity contribution in [3.8, 4) is 22.8 Å². The summed E-state index contributed by atoms with van der Waals surface area (Å²) in [6, 6.07) is 14.8. The van der Waals surface area contributed by atoms with Crippen molar-refractivity contribution in [2.75, 3.05) is 20.0 Å². The molecule has 0 radical (unpaired) electrons. The third-order valence-electron chi connectivity index (χ3n) is 4.35. The number of anilines is 1. The molecule has 6 nitrogen and oxygen atoms in total. The topological polar surface area (TPSA) is 70.4 Å². The Morgan fingerprint density at radius 2 is 1.73 bits per heavy atom. The van der Waals surface area contributed by atoms with E-state index in [0.717, 1.165) is 17.0 Å². The summed E-state index contributed by atoms with van der Waals surface area (Å²) in [5.41, 5.74) is 8.66. The van der Waals surface area contributed by atoms with E-state index in [1.807, 2.05) is 48.1 Å². The Kier molecular flexibility index (Phi) is 4.93. The number of rotatable bonds is 6. The number of hydrogen-bond acceptors (Lipinski definition) is 4. The zero-order valence-corrected chi connectivity index (χ0v) is 15.1. The number of methoxy groups -OCH3 is 2. The lowest BCUT2D eigenvalue weighted by atomic mass is 10.1. The van der Waals surface area contributed by atoms with E-state index in [-0.39, 0.29) is 12.3 Å². The number of carbonyl (C=O) groups excluding carboxylic acids is 1. The van der Waals surface area contributed by atoms with Gasteiger partial charge in [0.1, 0.15) is 29.9 Å². The fourth-order valence-electron chi connectivity index (χ4n) is 2.84. The lowest BCUT2D eigenvalue weighted by Crippen LogP contribution is -2.39. The van der Waals surface area contributed by atoms with Crippen LogP contribution in [0.3, 0.4) is 0 Å². The number of hydrogen-bond donors (Lipinski definition) is 1. The Morgan fingerprint density at radius 3 is 2.42 bits per heavy atom. The van der Waals surface area contributed by atoms with Gasteiger partial charge in [-0.2, -0.15) is 0 Å². The third-order valence-corrected chi connectivity index (χ3v) is 4.35. The van der Waals surface area contributed by atoms with E-state index in [0.29, 0.717) is 17.3 Å². The number of nitrogens with zero attached hydrogens (tertiary/aromatic N) is 2. The van der Waals surface area contributed by atoms with Gasteiger partial charge >= 0.3 is 5.95 Å². The minimum absolute atomic E-state index is 0.0385. The highest BCUT2D eigenvalue weighted by Crippen LogP contribution is 2.24. The summed E-state index contributed by atoms with van der Waals surface area (Å²) in [5.74, 6) is 1.88. The molecule has 0 fully saturated rings. The Balaban J connectivity index is 1.90. The first-order chi connectivity index (χ1) is 12.5. The van der Waals surface area contributed by atoms with E-state index in [9.17, 15) is 4.79 Å². The molecule has 0 bridgehead atoms. The standard InChI is InChI=1S/C20H21N3O3/c1-22-18(14-6-4-8-16(10-14)25-2)12-23(20(22)21)13-19(24)15-7-5-9-17(11-15)26-3/h4-12,21H,13H2,1-3H3/p+1. The summed E-state index contributed by atoms with van der Waals surface area (Å²) in [7, 11) is 5.08. The Morgan fingerprint density at radius 1 is 1.08 bits per heavy atom. The van der Waals surface area contributed by atoms with Gasteiger partial charge in [0.05, 0.1) is 21.3 Å². The number of ether oxygens (including phenoxy) is 2. The number of nitrogens with two attached hydrogens (primary N) is 1. The molecule has 0 aliphatic heterocycles. The maximum Gasteiger partial charge on any atom is 0.355 e. The molecule has 1 aromatic heterocycles. The monoisotopic (exact) mass is 352 g/mol. The van der Waals surface area contributed by atoms with Crippen LogP contribution in [0.15, 0.2) is 54.7 Å². The van der Waals surface area contributed by atoms with Gasteiger partial charge < -0.3 is 9.47 Å². The van der Waals surface area contributed by atoms with Gasteiger partial charge in [0.25, 0.3) is 0 Å². The van der Waals surface area contributed by atoms with E-state index in [1.54, 1.807) is 37.0 Å². The van der Waals surface area contributed by atoms with Crippen molar-refractivity contribution >= 4 is 11.7 Å². The van der Waals surface area contributed by atoms with Gasteiger partial charge in [-0.25, -0.2) is 9.13 Å². The first-order valence-corrected chi connectivity index (χ1v) is 8.19. The fraction of sp³-hybridized carbons (Fsp3) is 0.200. The smallest absolute Gasteiger partial charge is 0.355 e. The summed E-state index contributed by atoms with van der Waals surface area (Å²) in [4.78, 5) is 12.6. The molecule has 0 unspecified atom stereocenters. The van der Waals surface area contributed by atoms with E-state index < -0.39 is 0 Å². The summed E-state index contributed by atoms with van der Waals surface area (Å²) < 4.78 is 14.1. The predicted octanol–water partition coefficient (Wildman–Crippen LogP) is 2.46. The molecule has 2 aromatic carbocycles. The molecule has 1 heterocycles. The van der Waals surface area contributed by atoms with E-state index >= 15 is 0 Å². The van der Waals surface area contributed by atoms with Crippen molar-refractivity contribution in [2.24, 2.45) is 7.05 Å². The summed E-state index contributed by atoms with van der Waals surface area (Å²) in [6.07, 6.45) is 1.88. The quantitative estimate of drug-likeness (QED) is 0.546. The zero-order valence-electron chi connectivity index (χ0n) is 15.1. The average Bonchev–Trinajstić information content (AvgIpc) is 2.96. The highest BCUT2D eigenvalue weighted by atomic mass is 16.5. The lowest BCUT2D eigenvalue weighted by Gasteiger charge is -2.03. The van der Waals surface area contributed by atoms with Crippen LogP contribution in [0.2, 0.25) is 0 Å².